The van der Waals surface area contributed by atoms with Crippen LogP contribution in [-0.2, 0) is 16.4 Å². The van der Waals surface area contributed by atoms with Crippen molar-refractivity contribution in [1.82, 2.24) is 10.6 Å². The van der Waals surface area contributed by atoms with Crippen LogP contribution in [0.5, 0.6) is 0 Å². The molecule has 0 heterocycles. The summed E-state index contributed by atoms with van der Waals surface area (Å²) >= 11 is 0. The monoisotopic (exact) mass is 423 g/mol. The molecule has 7 heteroatoms. The van der Waals surface area contributed by atoms with Crippen LogP contribution in [0.1, 0.15) is 25.3 Å². The quantitative estimate of drug-likeness (QED) is 0.432. The second-order valence-electron chi connectivity index (χ2n) is 5.03. The number of nitrogens with zero attached hydrogens (tertiary/aromatic N) is 1. The predicted octanol–water partition coefficient (Wildman–Crippen LogP) is 1.93. The van der Waals surface area contributed by atoms with E-state index in [1.165, 1.54) is 19.1 Å². The number of hydrogen-bond donors (Lipinski definition) is 2. The maximum absolute atomic E-state index is 11.4. The van der Waals surface area contributed by atoms with Gasteiger partial charge < -0.3 is 10.6 Å². The Hall–Kier alpha value is -0.830. The van der Waals surface area contributed by atoms with Crippen LogP contribution < -0.4 is 10.6 Å². The number of rotatable bonds is 5. The molecule has 118 valence electrons. The number of halogens is 1. The molecule has 0 atom stereocenters. The molecule has 1 aromatic carbocycles. The van der Waals surface area contributed by atoms with Gasteiger partial charge in [-0.05, 0) is 37.5 Å². The summed E-state index contributed by atoms with van der Waals surface area (Å²) in [6, 6.07) is 7.42. The van der Waals surface area contributed by atoms with Crippen LogP contribution in [0.15, 0.2) is 34.2 Å². The standard InChI is InChI=1S/C14H21N3O2S.HI/c1-3-15-14(17-12-6-7-12)16-10-11-4-8-13(9-5-11)20(2,18)19;/h4-5,8-9,12H,3,6-7,10H2,1-2H3,(H2,15,16,17);1H. The zero-order valence-electron chi connectivity index (χ0n) is 12.3. The summed E-state index contributed by atoms with van der Waals surface area (Å²) in [7, 11) is -3.13. The van der Waals surface area contributed by atoms with Crippen LogP contribution in [0, 0.1) is 0 Å². The lowest BCUT2D eigenvalue weighted by Gasteiger charge is -2.10. The van der Waals surface area contributed by atoms with E-state index in [1.54, 1.807) is 24.3 Å². The van der Waals surface area contributed by atoms with Crippen LogP contribution in [0.4, 0.5) is 0 Å². The molecule has 0 amide bonds. The van der Waals surface area contributed by atoms with Crippen molar-refractivity contribution >= 4 is 39.8 Å². The van der Waals surface area contributed by atoms with E-state index in [4.69, 9.17) is 0 Å². The highest BCUT2D eigenvalue weighted by Gasteiger charge is 2.21. The Morgan fingerprint density at radius 2 is 1.90 bits per heavy atom. The van der Waals surface area contributed by atoms with Gasteiger partial charge in [-0.3, -0.25) is 0 Å². The third-order valence-corrected chi connectivity index (χ3v) is 4.16. The third-order valence-electron chi connectivity index (χ3n) is 3.03. The molecule has 0 aliphatic heterocycles. The molecule has 5 nitrogen and oxygen atoms in total. The molecule has 0 aromatic heterocycles. The van der Waals surface area contributed by atoms with E-state index >= 15 is 0 Å². The highest BCUT2D eigenvalue weighted by atomic mass is 127. The number of sulfone groups is 1. The molecule has 2 rings (SSSR count). The number of guanidine groups is 1. The lowest BCUT2D eigenvalue weighted by atomic mass is 10.2. The van der Waals surface area contributed by atoms with Gasteiger partial charge in [-0.25, -0.2) is 13.4 Å². The molecule has 0 radical (unpaired) electrons. The highest BCUT2D eigenvalue weighted by molar-refractivity contribution is 14.0. The van der Waals surface area contributed by atoms with Gasteiger partial charge in [0, 0.05) is 18.8 Å². The zero-order valence-corrected chi connectivity index (χ0v) is 15.4. The van der Waals surface area contributed by atoms with Crippen LogP contribution in [-0.4, -0.2) is 33.2 Å². The van der Waals surface area contributed by atoms with Gasteiger partial charge in [-0.15, -0.1) is 24.0 Å². The molecule has 1 saturated carbocycles. The summed E-state index contributed by atoms with van der Waals surface area (Å²) < 4.78 is 22.8. The summed E-state index contributed by atoms with van der Waals surface area (Å²) in [5, 5.41) is 6.54. The number of nitrogens with one attached hydrogen (secondary N) is 2. The SMILES string of the molecule is CCNC(=NCc1ccc(S(C)(=O)=O)cc1)NC1CC1.I. The molecule has 0 bridgehead atoms. The summed E-state index contributed by atoms with van der Waals surface area (Å²) in [6.45, 7) is 3.39. The minimum absolute atomic E-state index is 0. The van der Waals surface area contributed by atoms with E-state index in [0.29, 0.717) is 17.5 Å². The van der Waals surface area contributed by atoms with Crippen molar-refractivity contribution < 1.29 is 8.42 Å². The second-order valence-corrected chi connectivity index (χ2v) is 7.05. The Balaban J connectivity index is 0.00000220. The lowest BCUT2D eigenvalue weighted by Crippen LogP contribution is -2.38. The molecule has 1 fully saturated rings. The van der Waals surface area contributed by atoms with E-state index in [-0.39, 0.29) is 24.0 Å². The molecule has 21 heavy (non-hydrogen) atoms. The summed E-state index contributed by atoms with van der Waals surface area (Å²) in [4.78, 5) is 4.84. The Labute approximate surface area is 143 Å². The van der Waals surface area contributed by atoms with Crippen molar-refractivity contribution in [1.29, 1.82) is 0 Å². The van der Waals surface area contributed by atoms with E-state index in [0.717, 1.165) is 18.1 Å². The van der Waals surface area contributed by atoms with Crippen LogP contribution in [0.3, 0.4) is 0 Å². The molecule has 0 unspecified atom stereocenters. The topological polar surface area (TPSA) is 70.6 Å². The first-order valence-corrected chi connectivity index (χ1v) is 8.72. The van der Waals surface area contributed by atoms with Crippen molar-refractivity contribution in [3.8, 4) is 0 Å². The second kappa shape index (κ2) is 7.98. The molecular weight excluding hydrogens is 401 g/mol. The minimum Gasteiger partial charge on any atom is -0.357 e. The fourth-order valence-electron chi connectivity index (χ4n) is 1.75. The highest BCUT2D eigenvalue weighted by Crippen LogP contribution is 2.18. The lowest BCUT2D eigenvalue weighted by molar-refractivity contribution is 0.602. The Morgan fingerprint density at radius 1 is 1.29 bits per heavy atom. The maximum atomic E-state index is 11.4. The molecular formula is C14H22IN3O2S. The normalized spacial score (nSPS) is 15.2. The van der Waals surface area contributed by atoms with Crippen molar-refractivity contribution in [2.75, 3.05) is 12.8 Å². The van der Waals surface area contributed by atoms with Crippen molar-refractivity contribution in [3.63, 3.8) is 0 Å². The van der Waals surface area contributed by atoms with E-state index < -0.39 is 9.84 Å². The number of aliphatic imine (C=N–C) groups is 1. The van der Waals surface area contributed by atoms with E-state index in [1.807, 2.05) is 6.92 Å². The third kappa shape index (κ3) is 6.21. The maximum Gasteiger partial charge on any atom is 0.191 e. The smallest absolute Gasteiger partial charge is 0.191 e. The number of benzene rings is 1. The first-order chi connectivity index (χ1) is 9.49. The van der Waals surface area contributed by atoms with Crippen LogP contribution in [0.2, 0.25) is 0 Å². The van der Waals surface area contributed by atoms with E-state index in [9.17, 15) is 8.42 Å². The average Bonchev–Trinajstić information content (AvgIpc) is 3.20. The van der Waals surface area contributed by atoms with Gasteiger partial charge in [-0.1, -0.05) is 12.1 Å². The molecule has 2 N–H and O–H groups in total. The first-order valence-electron chi connectivity index (χ1n) is 6.83. The van der Waals surface area contributed by atoms with Crippen LogP contribution in [0.25, 0.3) is 0 Å². The van der Waals surface area contributed by atoms with Gasteiger partial charge in [0.15, 0.2) is 15.8 Å². The molecule has 1 aromatic rings. The Morgan fingerprint density at radius 3 is 2.38 bits per heavy atom. The molecule has 0 saturated heterocycles. The van der Waals surface area contributed by atoms with Gasteiger partial charge in [0.2, 0.25) is 0 Å². The summed E-state index contributed by atoms with van der Waals surface area (Å²) in [5.74, 6) is 0.821. The van der Waals surface area contributed by atoms with Crippen molar-refractivity contribution in [2.24, 2.45) is 4.99 Å². The molecule has 1 aliphatic carbocycles. The Kier molecular flexibility index (Phi) is 6.92. The minimum atomic E-state index is -3.13. The molecule has 1 aliphatic rings. The first kappa shape index (κ1) is 18.2. The predicted molar refractivity (Wildman–Crippen MR) is 95.9 cm³/mol. The van der Waals surface area contributed by atoms with Crippen molar-refractivity contribution in [3.05, 3.63) is 29.8 Å². The van der Waals surface area contributed by atoms with Gasteiger partial charge in [0.25, 0.3) is 0 Å². The largest absolute Gasteiger partial charge is 0.357 e. The summed E-state index contributed by atoms with van der Waals surface area (Å²) in [5.41, 5.74) is 0.991. The van der Waals surface area contributed by atoms with Gasteiger partial charge in [-0.2, -0.15) is 0 Å². The van der Waals surface area contributed by atoms with Crippen LogP contribution >= 0.6 is 24.0 Å². The van der Waals surface area contributed by atoms with Gasteiger partial charge >= 0.3 is 0 Å². The van der Waals surface area contributed by atoms with Gasteiger partial charge in [0.1, 0.15) is 0 Å². The average molecular weight is 423 g/mol. The summed E-state index contributed by atoms with van der Waals surface area (Å²) in [6.07, 6.45) is 3.62. The fourth-order valence-corrected chi connectivity index (χ4v) is 2.38. The Bertz CT molecular complexity index is 581. The van der Waals surface area contributed by atoms with Gasteiger partial charge in [0.05, 0.1) is 11.4 Å². The zero-order chi connectivity index (χ0) is 14.6. The van der Waals surface area contributed by atoms with E-state index in [2.05, 4.69) is 15.6 Å². The number of hydrogen-bond acceptors (Lipinski definition) is 3. The molecule has 0 spiro atoms. The fraction of sp³-hybridized carbons (Fsp3) is 0.500. The van der Waals surface area contributed by atoms with Crippen molar-refractivity contribution in [2.45, 2.75) is 37.2 Å².